The van der Waals surface area contributed by atoms with Crippen LogP contribution in [-0.2, 0) is 16.2 Å². The molecule has 1 aliphatic rings. The molecule has 0 aliphatic carbocycles. The number of benzene rings is 1. The van der Waals surface area contributed by atoms with Gasteiger partial charge in [-0.3, -0.25) is 0 Å². The lowest BCUT2D eigenvalue weighted by atomic mass is 10.0. The van der Waals surface area contributed by atoms with Crippen LogP contribution in [0.15, 0.2) is 29.2 Å². The van der Waals surface area contributed by atoms with Gasteiger partial charge in [-0.15, -0.1) is 12.4 Å². The van der Waals surface area contributed by atoms with E-state index in [-0.39, 0.29) is 29.4 Å². The van der Waals surface area contributed by atoms with Gasteiger partial charge in [0.2, 0.25) is 10.0 Å². The Kier molecular flexibility index (Phi) is 6.26. The minimum absolute atomic E-state index is 0. The van der Waals surface area contributed by atoms with E-state index in [1.807, 2.05) is 6.92 Å². The highest BCUT2D eigenvalue weighted by atomic mass is 35.5. The zero-order chi connectivity index (χ0) is 15.7. The Hall–Kier alpha value is -0.830. The van der Waals surface area contributed by atoms with Gasteiger partial charge in [0, 0.05) is 12.1 Å². The Labute approximate surface area is 133 Å². The predicted octanol–water partition coefficient (Wildman–Crippen LogP) is 2.55. The summed E-state index contributed by atoms with van der Waals surface area (Å²) in [5, 5.41) is 3.20. The van der Waals surface area contributed by atoms with Crippen LogP contribution in [0.3, 0.4) is 0 Å². The van der Waals surface area contributed by atoms with Gasteiger partial charge in [0.25, 0.3) is 0 Å². The molecule has 9 heteroatoms. The highest BCUT2D eigenvalue weighted by Crippen LogP contribution is 2.29. The van der Waals surface area contributed by atoms with E-state index in [4.69, 9.17) is 0 Å². The third kappa shape index (κ3) is 4.84. The molecule has 2 N–H and O–H groups in total. The highest BCUT2D eigenvalue weighted by Gasteiger charge is 2.31. The number of sulfonamides is 1. The molecule has 0 radical (unpaired) electrons. The van der Waals surface area contributed by atoms with Crippen LogP contribution in [0.4, 0.5) is 13.2 Å². The first-order chi connectivity index (χ1) is 9.68. The molecule has 0 bridgehead atoms. The molecule has 1 heterocycles. The minimum atomic E-state index is -4.47. The summed E-state index contributed by atoms with van der Waals surface area (Å²) in [5.74, 6) is 0. The molecule has 1 aliphatic heterocycles. The maximum Gasteiger partial charge on any atom is 0.416 e. The number of rotatable bonds is 3. The minimum Gasteiger partial charge on any atom is -0.314 e. The summed E-state index contributed by atoms with van der Waals surface area (Å²) in [7, 11) is -3.79. The van der Waals surface area contributed by atoms with Gasteiger partial charge < -0.3 is 5.32 Å². The largest absolute Gasteiger partial charge is 0.416 e. The molecule has 126 valence electrons. The van der Waals surface area contributed by atoms with Gasteiger partial charge >= 0.3 is 6.18 Å². The Morgan fingerprint density at radius 3 is 2.32 bits per heavy atom. The van der Waals surface area contributed by atoms with Gasteiger partial charge in [0.05, 0.1) is 10.5 Å². The van der Waals surface area contributed by atoms with Gasteiger partial charge in [-0.25, -0.2) is 13.1 Å². The van der Waals surface area contributed by atoms with Crippen molar-refractivity contribution in [2.45, 2.75) is 42.9 Å². The standard InChI is InChI=1S/C13H17F3N2O2S.ClH/c1-9-8-11(6-7-17-9)18-21(19,20)12-4-2-10(3-5-12)13(14,15)16;/h2-5,9,11,17-18H,6-8H2,1H3;1H. The number of alkyl halides is 3. The van der Waals surface area contributed by atoms with Crippen molar-refractivity contribution in [3.63, 3.8) is 0 Å². The number of nitrogens with one attached hydrogen (secondary N) is 2. The van der Waals surface area contributed by atoms with Crippen LogP contribution in [0.2, 0.25) is 0 Å². The second kappa shape index (κ2) is 7.16. The molecule has 2 atom stereocenters. The van der Waals surface area contributed by atoms with Crippen molar-refractivity contribution in [3.05, 3.63) is 29.8 Å². The van der Waals surface area contributed by atoms with Crippen LogP contribution in [0.25, 0.3) is 0 Å². The van der Waals surface area contributed by atoms with Gasteiger partial charge in [0.1, 0.15) is 0 Å². The van der Waals surface area contributed by atoms with Crippen molar-refractivity contribution in [2.75, 3.05) is 6.54 Å². The second-order valence-corrected chi connectivity index (χ2v) is 6.93. The van der Waals surface area contributed by atoms with Crippen molar-refractivity contribution in [3.8, 4) is 0 Å². The Morgan fingerprint density at radius 2 is 1.82 bits per heavy atom. The van der Waals surface area contributed by atoms with E-state index in [9.17, 15) is 21.6 Å². The molecule has 22 heavy (non-hydrogen) atoms. The summed E-state index contributed by atoms with van der Waals surface area (Å²) >= 11 is 0. The van der Waals surface area contributed by atoms with E-state index < -0.39 is 21.8 Å². The lowest BCUT2D eigenvalue weighted by Crippen LogP contribution is -2.46. The van der Waals surface area contributed by atoms with E-state index in [2.05, 4.69) is 10.0 Å². The molecule has 1 aromatic carbocycles. The quantitative estimate of drug-likeness (QED) is 0.873. The van der Waals surface area contributed by atoms with E-state index in [1.165, 1.54) is 0 Å². The van der Waals surface area contributed by atoms with Gasteiger partial charge in [0.15, 0.2) is 0 Å². The predicted molar refractivity (Wildman–Crippen MR) is 79.5 cm³/mol. The molecule has 2 unspecified atom stereocenters. The first-order valence-corrected chi connectivity index (χ1v) is 8.10. The SMILES string of the molecule is CC1CC(NS(=O)(=O)c2ccc(C(F)(F)F)cc2)CCN1.Cl. The molecule has 1 aromatic rings. The lowest BCUT2D eigenvalue weighted by Gasteiger charge is -2.28. The topological polar surface area (TPSA) is 58.2 Å². The summed E-state index contributed by atoms with van der Waals surface area (Å²) in [4.78, 5) is -0.151. The maximum atomic E-state index is 12.5. The van der Waals surface area contributed by atoms with E-state index in [0.717, 1.165) is 24.3 Å². The molecule has 4 nitrogen and oxygen atoms in total. The summed E-state index contributed by atoms with van der Waals surface area (Å²) in [6.07, 6.45) is -3.16. The first-order valence-electron chi connectivity index (χ1n) is 6.61. The summed E-state index contributed by atoms with van der Waals surface area (Å²) in [6, 6.07) is 3.53. The summed E-state index contributed by atoms with van der Waals surface area (Å²) in [5.41, 5.74) is -0.864. The second-order valence-electron chi connectivity index (χ2n) is 5.22. The van der Waals surface area contributed by atoms with Gasteiger partial charge in [-0.05, 0) is 50.6 Å². The van der Waals surface area contributed by atoms with Crippen molar-refractivity contribution in [2.24, 2.45) is 0 Å². The smallest absolute Gasteiger partial charge is 0.314 e. The Bertz CT molecular complexity index is 590. The van der Waals surface area contributed by atoms with Crippen molar-refractivity contribution in [1.29, 1.82) is 0 Å². The lowest BCUT2D eigenvalue weighted by molar-refractivity contribution is -0.137. The fraction of sp³-hybridized carbons (Fsp3) is 0.538. The van der Waals surface area contributed by atoms with E-state index >= 15 is 0 Å². The molecule has 0 spiro atoms. The fourth-order valence-electron chi connectivity index (χ4n) is 2.35. The van der Waals surface area contributed by atoms with E-state index in [0.29, 0.717) is 19.4 Å². The number of hydrogen-bond acceptors (Lipinski definition) is 3. The summed E-state index contributed by atoms with van der Waals surface area (Å²) < 4.78 is 64.2. The highest BCUT2D eigenvalue weighted by molar-refractivity contribution is 7.89. The first kappa shape index (κ1) is 19.2. The molecule has 1 fully saturated rings. The molecule has 0 amide bonds. The maximum absolute atomic E-state index is 12.5. The van der Waals surface area contributed by atoms with Gasteiger partial charge in [-0.2, -0.15) is 13.2 Å². The molecule has 0 aromatic heterocycles. The van der Waals surface area contributed by atoms with Crippen molar-refractivity contribution in [1.82, 2.24) is 10.0 Å². The third-order valence-electron chi connectivity index (χ3n) is 3.44. The monoisotopic (exact) mass is 358 g/mol. The molecule has 0 saturated carbocycles. The number of piperidine rings is 1. The zero-order valence-corrected chi connectivity index (χ0v) is 13.5. The van der Waals surface area contributed by atoms with Gasteiger partial charge in [-0.1, -0.05) is 0 Å². The average molecular weight is 359 g/mol. The van der Waals surface area contributed by atoms with Crippen LogP contribution in [0, 0.1) is 0 Å². The number of halogens is 4. The van der Waals surface area contributed by atoms with Crippen molar-refractivity contribution >= 4 is 22.4 Å². The van der Waals surface area contributed by atoms with Crippen LogP contribution >= 0.6 is 12.4 Å². The molecular formula is C13H18ClF3N2O2S. The average Bonchev–Trinajstić information content (AvgIpc) is 2.37. The fourth-order valence-corrected chi connectivity index (χ4v) is 3.63. The Balaban J connectivity index is 0.00000242. The van der Waals surface area contributed by atoms with Crippen LogP contribution < -0.4 is 10.0 Å². The zero-order valence-electron chi connectivity index (χ0n) is 11.9. The van der Waals surface area contributed by atoms with Crippen LogP contribution in [0.5, 0.6) is 0 Å². The van der Waals surface area contributed by atoms with Crippen LogP contribution in [-0.4, -0.2) is 27.0 Å². The molecule has 1 saturated heterocycles. The summed E-state index contributed by atoms with van der Waals surface area (Å²) in [6.45, 7) is 2.67. The normalized spacial score (nSPS) is 22.9. The van der Waals surface area contributed by atoms with Crippen molar-refractivity contribution < 1.29 is 21.6 Å². The molecular weight excluding hydrogens is 341 g/mol. The van der Waals surface area contributed by atoms with Crippen LogP contribution in [0.1, 0.15) is 25.3 Å². The van der Waals surface area contributed by atoms with E-state index in [1.54, 1.807) is 0 Å². The Morgan fingerprint density at radius 1 is 1.23 bits per heavy atom. The molecule has 2 rings (SSSR count). The number of hydrogen-bond donors (Lipinski definition) is 2. The third-order valence-corrected chi connectivity index (χ3v) is 4.97.